The first-order chi connectivity index (χ1) is 9.08. The molecule has 2 rings (SSSR count). The van der Waals surface area contributed by atoms with Gasteiger partial charge in [0.2, 0.25) is 11.8 Å². The Labute approximate surface area is 121 Å². The Bertz CT molecular complexity index is 590. The van der Waals surface area contributed by atoms with Crippen molar-refractivity contribution in [1.82, 2.24) is 9.97 Å². The molecule has 4 nitrogen and oxygen atoms in total. The van der Waals surface area contributed by atoms with Gasteiger partial charge in [-0.1, -0.05) is 23.2 Å². The highest BCUT2D eigenvalue weighted by Crippen LogP contribution is 2.29. The van der Waals surface area contributed by atoms with E-state index in [1.54, 1.807) is 24.3 Å². The summed E-state index contributed by atoms with van der Waals surface area (Å²) in [4.78, 5) is 8.50. The quantitative estimate of drug-likeness (QED) is 0.913. The van der Waals surface area contributed by atoms with Crippen LogP contribution in [0.5, 0.6) is 11.6 Å². The number of hydrogen-bond donors (Lipinski definition) is 1. The molecule has 0 saturated heterocycles. The van der Waals surface area contributed by atoms with E-state index in [4.69, 9.17) is 27.9 Å². The average molecular weight is 298 g/mol. The molecule has 0 aliphatic carbocycles. The predicted octanol–water partition coefficient (Wildman–Crippen LogP) is 4.32. The summed E-state index contributed by atoms with van der Waals surface area (Å²) in [5, 5.41) is 3.97. The number of nitrogens with zero attached hydrogens (tertiary/aromatic N) is 2. The van der Waals surface area contributed by atoms with Crippen molar-refractivity contribution >= 4 is 29.2 Å². The van der Waals surface area contributed by atoms with Gasteiger partial charge in [-0.15, -0.1) is 0 Å². The van der Waals surface area contributed by atoms with E-state index in [0.29, 0.717) is 27.6 Å². The van der Waals surface area contributed by atoms with Gasteiger partial charge in [0.15, 0.2) is 0 Å². The Morgan fingerprint density at radius 2 is 1.95 bits per heavy atom. The zero-order chi connectivity index (χ0) is 13.8. The first-order valence-corrected chi connectivity index (χ1v) is 6.56. The summed E-state index contributed by atoms with van der Waals surface area (Å²) in [5.41, 5.74) is 0.820. The molecular weight excluding hydrogens is 285 g/mol. The predicted molar refractivity (Wildman–Crippen MR) is 77.5 cm³/mol. The minimum Gasteiger partial charge on any atom is -0.439 e. The standard InChI is InChI=1S/C13H13Cl2N3O/c1-3-16-13-17-8(2)6-12(18-13)19-9-4-5-10(14)11(15)7-9/h4-7H,3H2,1-2H3,(H,16,17,18). The van der Waals surface area contributed by atoms with Gasteiger partial charge in [-0.3, -0.25) is 0 Å². The molecule has 1 aromatic carbocycles. The molecule has 1 heterocycles. The van der Waals surface area contributed by atoms with E-state index >= 15 is 0 Å². The van der Waals surface area contributed by atoms with Gasteiger partial charge >= 0.3 is 0 Å². The van der Waals surface area contributed by atoms with E-state index in [-0.39, 0.29) is 0 Å². The van der Waals surface area contributed by atoms with E-state index in [2.05, 4.69) is 15.3 Å². The molecule has 0 aliphatic heterocycles. The van der Waals surface area contributed by atoms with Crippen LogP contribution in [0.25, 0.3) is 0 Å². The van der Waals surface area contributed by atoms with Crippen LogP contribution in [0.4, 0.5) is 5.95 Å². The summed E-state index contributed by atoms with van der Waals surface area (Å²) in [5.74, 6) is 1.58. The molecule has 2 aromatic rings. The van der Waals surface area contributed by atoms with Crippen LogP contribution in [0.1, 0.15) is 12.6 Å². The zero-order valence-electron chi connectivity index (χ0n) is 10.6. The number of ether oxygens (including phenoxy) is 1. The summed E-state index contributed by atoms with van der Waals surface area (Å²) in [6.07, 6.45) is 0. The molecule has 0 bridgehead atoms. The van der Waals surface area contributed by atoms with E-state index < -0.39 is 0 Å². The molecule has 1 N–H and O–H groups in total. The van der Waals surface area contributed by atoms with Gasteiger partial charge in [-0.05, 0) is 26.0 Å². The van der Waals surface area contributed by atoms with Crippen molar-refractivity contribution in [2.45, 2.75) is 13.8 Å². The number of benzene rings is 1. The minimum absolute atomic E-state index is 0.442. The summed E-state index contributed by atoms with van der Waals surface area (Å²) in [6.45, 7) is 4.60. The highest BCUT2D eigenvalue weighted by molar-refractivity contribution is 6.42. The fourth-order valence-corrected chi connectivity index (χ4v) is 1.78. The van der Waals surface area contributed by atoms with Gasteiger partial charge in [-0.25, -0.2) is 4.98 Å². The maximum atomic E-state index is 5.94. The Morgan fingerprint density at radius 1 is 1.16 bits per heavy atom. The molecule has 0 saturated carbocycles. The lowest BCUT2D eigenvalue weighted by Gasteiger charge is -2.08. The third-order valence-corrected chi connectivity index (χ3v) is 3.02. The van der Waals surface area contributed by atoms with E-state index in [1.165, 1.54) is 0 Å². The van der Waals surface area contributed by atoms with E-state index in [0.717, 1.165) is 12.2 Å². The second-order valence-corrected chi connectivity index (χ2v) is 4.69. The molecule has 0 spiro atoms. The van der Waals surface area contributed by atoms with Crippen LogP contribution in [0.2, 0.25) is 10.0 Å². The van der Waals surface area contributed by atoms with Crippen LogP contribution in [-0.2, 0) is 0 Å². The van der Waals surface area contributed by atoms with Gasteiger partial charge in [-0.2, -0.15) is 4.98 Å². The molecule has 0 atom stereocenters. The molecule has 0 radical (unpaired) electrons. The summed E-state index contributed by atoms with van der Waals surface area (Å²) in [6, 6.07) is 6.81. The van der Waals surface area contributed by atoms with Crippen LogP contribution in [-0.4, -0.2) is 16.5 Å². The average Bonchev–Trinajstić information content (AvgIpc) is 2.33. The maximum absolute atomic E-state index is 5.94. The van der Waals surface area contributed by atoms with Crippen molar-refractivity contribution in [2.24, 2.45) is 0 Å². The van der Waals surface area contributed by atoms with Gasteiger partial charge < -0.3 is 10.1 Å². The highest BCUT2D eigenvalue weighted by Gasteiger charge is 2.05. The minimum atomic E-state index is 0.442. The first-order valence-electron chi connectivity index (χ1n) is 5.81. The van der Waals surface area contributed by atoms with Crippen LogP contribution in [0.15, 0.2) is 24.3 Å². The lowest BCUT2D eigenvalue weighted by atomic mass is 10.3. The topological polar surface area (TPSA) is 47.0 Å². The molecule has 100 valence electrons. The summed E-state index contributed by atoms with van der Waals surface area (Å²) < 4.78 is 5.65. The first kappa shape index (κ1) is 13.9. The molecule has 0 aliphatic rings. The van der Waals surface area contributed by atoms with Crippen molar-refractivity contribution in [1.29, 1.82) is 0 Å². The van der Waals surface area contributed by atoms with Gasteiger partial charge in [0.05, 0.1) is 10.0 Å². The van der Waals surface area contributed by atoms with Crippen molar-refractivity contribution < 1.29 is 4.74 Å². The van der Waals surface area contributed by atoms with Gasteiger partial charge in [0.25, 0.3) is 0 Å². The third-order valence-electron chi connectivity index (χ3n) is 2.28. The largest absolute Gasteiger partial charge is 0.439 e. The van der Waals surface area contributed by atoms with Crippen LogP contribution >= 0.6 is 23.2 Å². The molecular formula is C13H13Cl2N3O. The summed E-state index contributed by atoms with van der Waals surface area (Å²) in [7, 11) is 0. The van der Waals surface area contributed by atoms with Gasteiger partial charge in [0, 0.05) is 24.4 Å². The highest BCUT2D eigenvalue weighted by atomic mass is 35.5. The fourth-order valence-electron chi connectivity index (χ4n) is 1.49. The number of hydrogen-bond acceptors (Lipinski definition) is 4. The maximum Gasteiger partial charge on any atom is 0.226 e. The Balaban J connectivity index is 2.24. The number of anilines is 1. The normalized spacial score (nSPS) is 10.3. The van der Waals surface area contributed by atoms with E-state index in [1.807, 2.05) is 13.8 Å². The third kappa shape index (κ3) is 3.72. The van der Waals surface area contributed by atoms with E-state index in [9.17, 15) is 0 Å². The number of aryl methyl sites for hydroxylation is 1. The van der Waals surface area contributed by atoms with Crippen molar-refractivity contribution in [3.8, 4) is 11.6 Å². The SMILES string of the molecule is CCNc1nc(C)cc(Oc2ccc(Cl)c(Cl)c2)n1. The number of aromatic nitrogens is 2. The fraction of sp³-hybridized carbons (Fsp3) is 0.231. The van der Waals surface area contributed by atoms with Crippen LogP contribution < -0.4 is 10.1 Å². The number of rotatable bonds is 4. The van der Waals surface area contributed by atoms with Crippen LogP contribution in [0.3, 0.4) is 0 Å². The molecule has 6 heteroatoms. The lowest BCUT2D eigenvalue weighted by molar-refractivity contribution is 0.461. The number of nitrogens with one attached hydrogen (secondary N) is 1. The Hall–Kier alpha value is -1.52. The zero-order valence-corrected chi connectivity index (χ0v) is 12.1. The number of halogens is 2. The summed E-state index contributed by atoms with van der Waals surface area (Å²) >= 11 is 11.8. The van der Waals surface area contributed by atoms with Crippen molar-refractivity contribution in [3.63, 3.8) is 0 Å². The molecule has 1 aromatic heterocycles. The second kappa shape index (κ2) is 6.08. The Morgan fingerprint density at radius 3 is 2.63 bits per heavy atom. The molecule has 19 heavy (non-hydrogen) atoms. The van der Waals surface area contributed by atoms with Gasteiger partial charge in [0.1, 0.15) is 5.75 Å². The Kier molecular flexibility index (Phi) is 4.45. The molecule has 0 unspecified atom stereocenters. The van der Waals surface area contributed by atoms with Crippen molar-refractivity contribution in [3.05, 3.63) is 40.0 Å². The monoisotopic (exact) mass is 297 g/mol. The molecule has 0 fully saturated rings. The lowest BCUT2D eigenvalue weighted by Crippen LogP contribution is -2.03. The molecule has 0 amide bonds. The second-order valence-electron chi connectivity index (χ2n) is 3.88. The van der Waals surface area contributed by atoms with Crippen LogP contribution in [0, 0.1) is 6.92 Å². The smallest absolute Gasteiger partial charge is 0.226 e. The van der Waals surface area contributed by atoms with Crippen molar-refractivity contribution in [2.75, 3.05) is 11.9 Å².